The largest absolute Gasteiger partial charge is 0.394 e. The number of aromatic amines is 1. The summed E-state index contributed by atoms with van der Waals surface area (Å²) in [5.41, 5.74) is -3.47. The molecule has 1 aromatic carbocycles. The van der Waals surface area contributed by atoms with E-state index in [2.05, 4.69) is 4.98 Å². The van der Waals surface area contributed by atoms with Crippen LogP contribution in [0.15, 0.2) is 46.1 Å². The normalized spacial score (nSPS) is 31.7. The maximum atomic E-state index is 12.4. The van der Waals surface area contributed by atoms with Gasteiger partial charge in [-0.3, -0.25) is 18.9 Å². The zero-order valence-corrected chi connectivity index (χ0v) is 16.1. The summed E-state index contributed by atoms with van der Waals surface area (Å²) in [6, 6.07) is 7.69. The first-order valence-electron chi connectivity index (χ1n) is 8.73. The number of aromatic nitrogens is 2. The molecule has 0 spiro atoms. The van der Waals surface area contributed by atoms with E-state index in [1.165, 1.54) is 25.3 Å². The molecule has 11 nitrogen and oxygen atoms in total. The molecule has 2 aliphatic heterocycles. The van der Waals surface area contributed by atoms with E-state index in [-0.39, 0.29) is 11.1 Å². The first-order chi connectivity index (χ1) is 13.7. The van der Waals surface area contributed by atoms with Crippen molar-refractivity contribution in [3.63, 3.8) is 0 Å². The van der Waals surface area contributed by atoms with E-state index in [1.807, 2.05) is 0 Å². The van der Waals surface area contributed by atoms with Crippen molar-refractivity contribution in [1.29, 1.82) is 0 Å². The van der Waals surface area contributed by atoms with Crippen LogP contribution in [0.25, 0.3) is 0 Å². The standard InChI is InChI=1S/C17H19N2O9P/c1-9-7-19(16(22)18-14(9)21)15-13-12(11(8-20)26-15)27-17(28-13,29(23,24)25)10-5-3-2-4-6-10/h2-7,11-13,15,20H,8H2,1H3,(H,18,21,22)(H2,23,24,25). The van der Waals surface area contributed by atoms with Crippen LogP contribution in [0.3, 0.4) is 0 Å². The van der Waals surface area contributed by atoms with Crippen molar-refractivity contribution in [1.82, 2.24) is 9.55 Å². The Balaban J connectivity index is 1.82. The second-order valence-corrected chi connectivity index (χ2v) is 8.56. The van der Waals surface area contributed by atoms with E-state index in [0.29, 0.717) is 0 Å². The van der Waals surface area contributed by atoms with Crippen molar-refractivity contribution in [2.24, 2.45) is 0 Å². The quantitative estimate of drug-likeness (QED) is 0.473. The lowest BCUT2D eigenvalue weighted by Gasteiger charge is -2.31. The Morgan fingerprint density at radius 1 is 1.17 bits per heavy atom. The average Bonchev–Trinajstić information content (AvgIpc) is 3.22. The van der Waals surface area contributed by atoms with Gasteiger partial charge >= 0.3 is 18.8 Å². The van der Waals surface area contributed by atoms with Crippen LogP contribution in [0.1, 0.15) is 17.4 Å². The number of aliphatic hydroxyl groups excluding tert-OH is 1. The Bertz CT molecular complexity index is 1080. The van der Waals surface area contributed by atoms with Crippen molar-refractivity contribution in [2.45, 2.75) is 37.0 Å². The topological polar surface area (TPSA) is 160 Å². The van der Waals surface area contributed by atoms with Crippen molar-refractivity contribution < 1.29 is 33.7 Å². The van der Waals surface area contributed by atoms with Gasteiger partial charge in [-0.1, -0.05) is 30.3 Å². The number of nitrogens with zero attached hydrogens (tertiary/aromatic N) is 1. The fourth-order valence-electron chi connectivity index (χ4n) is 3.61. The molecule has 4 rings (SSSR count). The van der Waals surface area contributed by atoms with Crippen LogP contribution >= 0.6 is 7.60 Å². The minimum absolute atomic E-state index is 0.0863. The Morgan fingerprint density at radius 3 is 2.45 bits per heavy atom. The van der Waals surface area contributed by atoms with Gasteiger partial charge in [-0.15, -0.1) is 0 Å². The molecule has 5 atom stereocenters. The molecule has 5 unspecified atom stereocenters. The van der Waals surface area contributed by atoms with Gasteiger partial charge in [-0.05, 0) is 6.92 Å². The summed E-state index contributed by atoms with van der Waals surface area (Å²) in [5, 5.41) is 9.69. The third-order valence-corrected chi connectivity index (χ3v) is 6.24. The predicted octanol–water partition coefficient (Wildman–Crippen LogP) is -0.493. The van der Waals surface area contributed by atoms with E-state index >= 15 is 0 Å². The monoisotopic (exact) mass is 426 g/mol. The zero-order valence-electron chi connectivity index (χ0n) is 15.2. The zero-order chi connectivity index (χ0) is 21.0. The van der Waals surface area contributed by atoms with Crippen LogP contribution in [-0.4, -0.2) is 49.4 Å². The number of hydrogen-bond donors (Lipinski definition) is 4. The molecular formula is C17H19N2O9P. The van der Waals surface area contributed by atoms with Crippen molar-refractivity contribution >= 4 is 7.60 Å². The molecule has 2 aromatic rings. The molecule has 12 heteroatoms. The molecule has 3 heterocycles. The third kappa shape index (κ3) is 3.11. The fourth-order valence-corrected chi connectivity index (χ4v) is 4.61. The molecule has 0 bridgehead atoms. The molecule has 4 N–H and O–H groups in total. The maximum Gasteiger partial charge on any atom is 0.389 e. The van der Waals surface area contributed by atoms with Crippen molar-refractivity contribution in [3.8, 4) is 0 Å². The highest BCUT2D eigenvalue weighted by Gasteiger charge is 2.66. The van der Waals surface area contributed by atoms with Gasteiger partial charge < -0.3 is 29.1 Å². The molecule has 29 heavy (non-hydrogen) atoms. The minimum atomic E-state index is -5.03. The minimum Gasteiger partial charge on any atom is -0.394 e. The summed E-state index contributed by atoms with van der Waals surface area (Å²) in [4.78, 5) is 46.2. The van der Waals surface area contributed by atoms with Gasteiger partial charge in [0.2, 0.25) is 0 Å². The Hall–Kier alpha value is -2.11. The lowest BCUT2D eigenvalue weighted by atomic mass is 10.1. The summed E-state index contributed by atoms with van der Waals surface area (Å²) in [5.74, 6) is 0. The summed E-state index contributed by atoms with van der Waals surface area (Å²) >= 11 is 0. The summed E-state index contributed by atoms with van der Waals surface area (Å²) in [7, 11) is -5.03. The van der Waals surface area contributed by atoms with Gasteiger partial charge in [0.25, 0.3) is 5.56 Å². The van der Waals surface area contributed by atoms with Crippen LogP contribution in [0, 0.1) is 6.92 Å². The number of rotatable bonds is 4. The van der Waals surface area contributed by atoms with E-state index in [1.54, 1.807) is 18.2 Å². The molecule has 0 aliphatic carbocycles. The molecule has 0 radical (unpaired) electrons. The highest BCUT2D eigenvalue weighted by molar-refractivity contribution is 7.52. The number of ether oxygens (including phenoxy) is 3. The molecular weight excluding hydrogens is 407 g/mol. The third-order valence-electron chi connectivity index (χ3n) is 5.00. The van der Waals surface area contributed by atoms with Crippen LogP contribution in [0.2, 0.25) is 0 Å². The van der Waals surface area contributed by atoms with Gasteiger partial charge in [0.15, 0.2) is 6.23 Å². The molecule has 1 aromatic heterocycles. The SMILES string of the molecule is Cc1cn(C2OC(CO)C3OC(c4ccccc4)(P(=O)(O)O)OC32)c(=O)[nH]c1=O. The number of benzene rings is 1. The van der Waals surface area contributed by atoms with E-state index in [0.717, 1.165) is 4.57 Å². The first kappa shape index (κ1) is 20.2. The second kappa shape index (κ2) is 6.99. The molecule has 0 amide bonds. The van der Waals surface area contributed by atoms with Crippen LogP contribution in [-0.2, 0) is 24.3 Å². The van der Waals surface area contributed by atoms with Crippen LogP contribution in [0.4, 0.5) is 0 Å². The maximum absolute atomic E-state index is 12.4. The number of H-pyrrole nitrogens is 1. The van der Waals surface area contributed by atoms with Crippen molar-refractivity contribution in [2.75, 3.05) is 6.61 Å². The number of fused-ring (bicyclic) bond motifs is 1. The fraction of sp³-hybridized carbons (Fsp3) is 0.412. The Kier molecular flexibility index (Phi) is 4.87. The van der Waals surface area contributed by atoms with E-state index in [9.17, 15) is 29.0 Å². The highest BCUT2D eigenvalue weighted by Crippen LogP contribution is 2.64. The number of hydrogen-bond acceptors (Lipinski definition) is 7. The number of aryl methyl sites for hydroxylation is 1. The van der Waals surface area contributed by atoms with E-state index in [4.69, 9.17) is 14.2 Å². The van der Waals surface area contributed by atoms with Crippen molar-refractivity contribution in [3.05, 3.63) is 68.5 Å². The smallest absolute Gasteiger partial charge is 0.389 e. The van der Waals surface area contributed by atoms with Gasteiger partial charge in [0.05, 0.1) is 6.61 Å². The van der Waals surface area contributed by atoms with Gasteiger partial charge in [-0.2, -0.15) is 0 Å². The number of nitrogens with one attached hydrogen (secondary N) is 1. The molecule has 2 saturated heterocycles. The van der Waals surface area contributed by atoms with Crippen LogP contribution in [0.5, 0.6) is 0 Å². The van der Waals surface area contributed by atoms with Gasteiger partial charge in [0, 0.05) is 17.3 Å². The van der Waals surface area contributed by atoms with Gasteiger partial charge in [-0.25, -0.2) is 4.79 Å². The lowest BCUT2D eigenvalue weighted by molar-refractivity contribution is -0.189. The Morgan fingerprint density at radius 2 is 1.83 bits per heavy atom. The molecule has 156 valence electrons. The summed E-state index contributed by atoms with van der Waals surface area (Å²) < 4.78 is 30.6. The second-order valence-electron chi connectivity index (χ2n) is 6.88. The predicted molar refractivity (Wildman–Crippen MR) is 97.0 cm³/mol. The summed E-state index contributed by atoms with van der Waals surface area (Å²) in [6.07, 6.45) is -3.15. The van der Waals surface area contributed by atoms with E-state index < -0.39 is 55.5 Å². The lowest BCUT2D eigenvalue weighted by Crippen LogP contribution is -2.38. The molecule has 2 aliphatic rings. The Labute approximate surface area is 163 Å². The van der Waals surface area contributed by atoms with Crippen LogP contribution < -0.4 is 11.2 Å². The molecule has 2 fully saturated rings. The first-order valence-corrected chi connectivity index (χ1v) is 10.3. The summed E-state index contributed by atoms with van der Waals surface area (Å²) in [6.45, 7) is 0.949. The van der Waals surface area contributed by atoms with Gasteiger partial charge in [0.1, 0.15) is 18.3 Å². The molecule has 0 saturated carbocycles. The highest BCUT2D eigenvalue weighted by atomic mass is 31.2. The average molecular weight is 426 g/mol. The number of aliphatic hydroxyl groups is 1.